The third kappa shape index (κ3) is 8.39. The molecule has 0 saturated heterocycles. The first-order valence-corrected chi connectivity index (χ1v) is 6.37. The third-order valence-corrected chi connectivity index (χ3v) is 2.23. The van der Waals surface area contributed by atoms with Crippen LogP contribution in [-0.4, -0.2) is 62.1 Å². The number of rotatable bonds is 8. The molecule has 3 amide bonds. The fraction of sp³-hybridized carbons (Fsp3) is 0.727. The van der Waals surface area contributed by atoms with Gasteiger partial charge in [0.15, 0.2) is 0 Å². The third-order valence-electron chi connectivity index (χ3n) is 2.05. The second-order valence-electron chi connectivity index (χ2n) is 3.51. The Bertz CT molecular complexity index is 311. The topological polar surface area (TPSA) is 84.9 Å². The number of nitrogens with one attached hydrogen (secondary N) is 1. The highest BCUT2D eigenvalue weighted by molar-refractivity contribution is 6.19. The first-order valence-electron chi connectivity index (χ1n) is 5.84. The fourth-order valence-corrected chi connectivity index (χ4v) is 1.33. The summed E-state index contributed by atoms with van der Waals surface area (Å²) in [6.45, 7) is 2.08. The quantitative estimate of drug-likeness (QED) is 0.516. The summed E-state index contributed by atoms with van der Waals surface area (Å²) in [5, 5.41) is 2.14. The maximum absolute atomic E-state index is 11.8. The Hall–Kier alpha value is -1.34. The SMILES string of the molecule is CCOC(=O)CN(CCOC)C(=O)NC(=O)CCCl. The van der Waals surface area contributed by atoms with Crippen LogP contribution in [0.2, 0.25) is 0 Å². The number of hydrogen-bond acceptors (Lipinski definition) is 5. The van der Waals surface area contributed by atoms with Crippen LogP contribution < -0.4 is 5.32 Å². The van der Waals surface area contributed by atoms with Gasteiger partial charge in [-0.3, -0.25) is 14.9 Å². The Morgan fingerprint density at radius 1 is 1.32 bits per heavy atom. The van der Waals surface area contributed by atoms with Gasteiger partial charge in [-0.1, -0.05) is 0 Å². The number of alkyl halides is 1. The maximum Gasteiger partial charge on any atom is 0.325 e. The summed E-state index contributed by atoms with van der Waals surface area (Å²) in [5.41, 5.74) is 0. The molecule has 19 heavy (non-hydrogen) atoms. The summed E-state index contributed by atoms with van der Waals surface area (Å²) in [7, 11) is 1.47. The molecule has 1 N–H and O–H groups in total. The molecule has 0 aromatic rings. The summed E-state index contributed by atoms with van der Waals surface area (Å²) in [5.74, 6) is -0.917. The monoisotopic (exact) mass is 294 g/mol. The van der Waals surface area contributed by atoms with Crippen LogP contribution in [0.5, 0.6) is 0 Å². The summed E-state index contributed by atoms with van der Waals surface area (Å²) in [6.07, 6.45) is 0.0326. The van der Waals surface area contributed by atoms with Gasteiger partial charge >= 0.3 is 12.0 Å². The highest BCUT2D eigenvalue weighted by Crippen LogP contribution is 1.94. The molecule has 110 valence electrons. The molecule has 0 aliphatic carbocycles. The van der Waals surface area contributed by atoms with Crippen molar-refractivity contribution in [2.75, 3.05) is 39.3 Å². The molecule has 8 heteroatoms. The molecule has 0 fully saturated rings. The van der Waals surface area contributed by atoms with Crippen LogP contribution in [-0.2, 0) is 19.1 Å². The molecule has 0 aliphatic rings. The minimum atomic E-state index is -0.666. The molecule has 0 unspecified atom stereocenters. The highest BCUT2D eigenvalue weighted by Gasteiger charge is 2.19. The van der Waals surface area contributed by atoms with Crippen LogP contribution >= 0.6 is 11.6 Å². The molecule has 0 aromatic carbocycles. The lowest BCUT2D eigenvalue weighted by Crippen LogP contribution is -2.46. The minimum absolute atomic E-state index is 0.0326. The van der Waals surface area contributed by atoms with Crippen molar-refractivity contribution in [2.24, 2.45) is 0 Å². The second kappa shape index (κ2) is 10.6. The Balaban J connectivity index is 4.41. The maximum atomic E-state index is 11.8. The van der Waals surface area contributed by atoms with Crippen LogP contribution in [0.15, 0.2) is 0 Å². The van der Waals surface area contributed by atoms with E-state index >= 15 is 0 Å². The van der Waals surface area contributed by atoms with Crippen LogP contribution in [0.3, 0.4) is 0 Å². The molecule has 0 saturated carbocycles. The van der Waals surface area contributed by atoms with Crippen molar-refractivity contribution in [2.45, 2.75) is 13.3 Å². The number of nitrogens with zero attached hydrogens (tertiary/aromatic N) is 1. The zero-order valence-corrected chi connectivity index (χ0v) is 11.9. The molecule has 0 aromatic heterocycles. The van der Waals surface area contributed by atoms with Gasteiger partial charge in [-0.25, -0.2) is 4.79 Å². The van der Waals surface area contributed by atoms with Gasteiger partial charge in [0, 0.05) is 26.0 Å². The van der Waals surface area contributed by atoms with E-state index in [0.717, 1.165) is 4.90 Å². The summed E-state index contributed by atoms with van der Waals surface area (Å²) < 4.78 is 9.58. The molecule has 0 bridgehead atoms. The van der Waals surface area contributed by atoms with Crippen molar-refractivity contribution >= 4 is 29.5 Å². The van der Waals surface area contributed by atoms with Crippen LogP contribution in [0, 0.1) is 0 Å². The standard InChI is InChI=1S/C11H19ClN2O5/c1-3-19-10(16)8-14(6-7-18-2)11(17)13-9(15)4-5-12/h3-8H2,1-2H3,(H,13,15,17). The van der Waals surface area contributed by atoms with E-state index in [1.165, 1.54) is 7.11 Å². The van der Waals surface area contributed by atoms with E-state index in [1.807, 2.05) is 0 Å². The molecule has 0 atom stereocenters. The van der Waals surface area contributed by atoms with Gasteiger partial charge in [-0.05, 0) is 6.92 Å². The van der Waals surface area contributed by atoms with Gasteiger partial charge in [0.05, 0.1) is 13.2 Å². The Kier molecular flexibility index (Phi) is 9.82. The summed E-state index contributed by atoms with van der Waals surface area (Å²) in [4.78, 5) is 35.5. The Morgan fingerprint density at radius 2 is 2.00 bits per heavy atom. The smallest absolute Gasteiger partial charge is 0.325 e. The lowest BCUT2D eigenvalue weighted by Gasteiger charge is -2.21. The number of carbonyl (C=O) groups is 3. The Morgan fingerprint density at radius 3 is 2.53 bits per heavy atom. The van der Waals surface area contributed by atoms with E-state index in [-0.39, 0.29) is 38.6 Å². The van der Waals surface area contributed by atoms with E-state index < -0.39 is 17.9 Å². The summed E-state index contributed by atoms with van der Waals surface area (Å²) in [6, 6.07) is -0.666. The summed E-state index contributed by atoms with van der Waals surface area (Å²) >= 11 is 5.39. The van der Waals surface area contributed by atoms with E-state index in [1.54, 1.807) is 6.92 Å². The number of methoxy groups -OCH3 is 1. The molecular weight excluding hydrogens is 276 g/mol. The van der Waals surface area contributed by atoms with Gasteiger partial charge < -0.3 is 14.4 Å². The van der Waals surface area contributed by atoms with Crippen molar-refractivity contribution in [3.05, 3.63) is 0 Å². The van der Waals surface area contributed by atoms with Crippen LogP contribution in [0.1, 0.15) is 13.3 Å². The van der Waals surface area contributed by atoms with Gasteiger partial charge in [-0.2, -0.15) is 0 Å². The van der Waals surface area contributed by atoms with Crippen LogP contribution in [0.4, 0.5) is 4.79 Å². The second-order valence-corrected chi connectivity index (χ2v) is 3.89. The zero-order valence-electron chi connectivity index (χ0n) is 11.1. The number of urea groups is 1. The van der Waals surface area contributed by atoms with E-state index in [0.29, 0.717) is 0 Å². The average Bonchev–Trinajstić information content (AvgIpc) is 2.34. The largest absolute Gasteiger partial charge is 0.465 e. The number of ether oxygens (including phenoxy) is 2. The number of hydrogen-bond donors (Lipinski definition) is 1. The van der Waals surface area contributed by atoms with Crippen molar-refractivity contribution in [1.29, 1.82) is 0 Å². The van der Waals surface area contributed by atoms with Gasteiger partial charge in [0.25, 0.3) is 0 Å². The molecule has 0 heterocycles. The number of halogens is 1. The minimum Gasteiger partial charge on any atom is -0.465 e. The number of esters is 1. The van der Waals surface area contributed by atoms with Crippen molar-refractivity contribution in [1.82, 2.24) is 10.2 Å². The normalized spacial score (nSPS) is 9.84. The molecule has 0 spiro atoms. The average molecular weight is 295 g/mol. The molecule has 7 nitrogen and oxygen atoms in total. The lowest BCUT2D eigenvalue weighted by atomic mass is 10.4. The molecule has 0 rings (SSSR count). The molecule has 0 radical (unpaired) electrons. The van der Waals surface area contributed by atoms with Crippen LogP contribution in [0.25, 0.3) is 0 Å². The predicted molar refractivity (Wildman–Crippen MR) is 69.0 cm³/mol. The van der Waals surface area contributed by atoms with Crippen molar-refractivity contribution in [3.8, 4) is 0 Å². The highest BCUT2D eigenvalue weighted by atomic mass is 35.5. The van der Waals surface area contributed by atoms with E-state index in [9.17, 15) is 14.4 Å². The number of imide groups is 1. The first-order chi connectivity index (χ1) is 9.04. The lowest BCUT2D eigenvalue weighted by molar-refractivity contribution is -0.144. The first kappa shape index (κ1) is 17.7. The van der Waals surface area contributed by atoms with E-state index in [4.69, 9.17) is 21.1 Å². The molecular formula is C11H19ClN2O5. The Labute approximate surface area is 117 Å². The number of carbonyl (C=O) groups excluding carboxylic acids is 3. The molecule has 0 aliphatic heterocycles. The predicted octanol–water partition coefficient (Wildman–Crippen LogP) is 0.363. The van der Waals surface area contributed by atoms with Gasteiger partial charge in [-0.15, -0.1) is 11.6 Å². The van der Waals surface area contributed by atoms with E-state index in [2.05, 4.69) is 5.32 Å². The van der Waals surface area contributed by atoms with Gasteiger partial charge in [0.1, 0.15) is 6.54 Å². The van der Waals surface area contributed by atoms with Gasteiger partial charge in [0.2, 0.25) is 5.91 Å². The van der Waals surface area contributed by atoms with Crippen molar-refractivity contribution in [3.63, 3.8) is 0 Å². The van der Waals surface area contributed by atoms with Crippen molar-refractivity contribution < 1.29 is 23.9 Å². The number of amides is 3. The fourth-order valence-electron chi connectivity index (χ4n) is 1.16. The zero-order chi connectivity index (χ0) is 14.7.